The van der Waals surface area contributed by atoms with E-state index in [1.165, 1.54) is 11.8 Å². The third kappa shape index (κ3) is 5.34. The van der Waals surface area contributed by atoms with Crippen molar-refractivity contribution in [1.82, 2.24) is 0 Å². The van der Waals surface area contributed by atoms with E-state index < -0.39 is 17.1 Å². The highest BCUT2D eigenvalue weighted by Crippen LogP contribution is 2.39. The summed E-state index contributed by atoms with van der Waals surface area (Å²) < 4.78 is 5.12. The molecule has 8 heteroatoms. The van der Waals surface area contributed by atoms with Crippen molar-refractivity contribution in [3.63, 3.8) is 0 Å². The first-order valence-electron chi connectivity index (χ1n) is 9.60. The average Bonchev–Trinajstić information content (AvgIpc) is 3.09. The molecule has 1 atom stereocenters. The van der Waals surface area contributed by atoms with Crippen molar-refractivity contribution >= 4 is 45.9 Å². The van der Waals surface area contributed by atoms with Gasteiger partial charge in [0, 0.05) is 4.90 Å². The molecule has 0 saturated heterocycles. The summed E-state index contributed by atoms with van der Waals surface area (Å²) in [6.45, 7) is 3.48. The molecule has 0 spiro atoms. The number of thioether (sulfide) groups is 1. The van der Waals surface area contributed by atoms with Gasteiger partial charge in [-0.1, -0.05) is 48.5 Å². The molecule has 0 saturated carbocycles. The zero-order valence-corrected chi connectivity index (χ0v) is 18.7. The van der Waals surface area contributed by atoms with Crippen molar-refractivity contribution in [2.45, 2.75) is 24.0 Å². The van der Waals surface area contributed by atoms with E-state index >= 15 is 0 Å². The lowest BCUT2D eigenvalue weighted by molar-refractivity contribution is -0.115. The molecule has 6 nitrogen and oxygen atoms in total. The van der Waals surface area contributed by atoms with Crippen molar-refractivity contribution < 1.29 is 19.1 Å². The zero-order valence-electron chi connectivity index (χ0n) is 17.1. The molecule has 0 aliphatic rings. The quantitative estimate of drug-likeness (QED) is 0.376. The van der Waals surface area contributed by atoms with Crippen LogP contribution in [0, 0.1) is 6.92 Å². The van der Waals surface area contributed by atoms with Gasteiger partial charge in [-0.05, 0) is 37.1 Å². The third-order valence-electron chi connectivity index (χ3n) is 4.42. The molecule has 0 radical (unpaired) electrons. The Labute approximate surface area is 188 Å². The van der Waals surface area contributed by atoms with Crippen molar-refractivity contribution in [3.05, 3.63) is 82.2 Å². The van der Waals surface area contributed by atoms with Gasteiger partial charge in [-0.15, -0.1) is 23.1 Å². The van der Waals surface area contributed by atoms with Gasteiger partial charge in [-0.25, -0.2) is 4.79 Å². The number of rotatable bonds is 8. The number of ether oxygens (including phenoxy) is 1. The van der Waals surface area contributed by atoms with Crippen LogP contribution < -0.4 is 11.1 Å². The van der Waals surface area contributed by atoms with Crippen molar-refractivity contribution in [1.29, 1.82) is 0 Å². The van der Waals surface area contributed by atoms with Crippen LogP contribution in [0.3, 0.4) is 0 Å². The molecule has 0 fully saturated rings. The highest BCUT2D eigenvalue weighted by molar-refractivity contribution is 8.00. The Balaban J connectivity index is 1.97. The van der Waals surface area contributed by atoms with Gasteiger partial charge in [0.1, 0.15) is 10.3 Å². The number of carbonyl (C=O) groups excluding carboxylic acids is 3. The minimum Gasteiger partial charge on any atom is -0.462 e. The number of esters is 1. The van der Waals surface area contributed by atoms with Crippen molar-refractivity contribution in [3.8, 4) is 0 Å². The van der Waals surface area contributed by atoms with E-state index in [2.05, 4.69) is 5.32 Å². The fourth-order valence-electron chi connectivity index (χ4n) is 3.00. The third-order valence-corrected chi connectivity index (χ3v) is 6.91. The van der Waals surface area contributed by atoms with Crippen molar-refractivity contribution in [2.75, 3.05) is 11.9 Å². The first-order chi connectivity index (χ1) is 14.9. The predicted molar refractivity (Wildman–Crippen MR) is 124 cm³/mol. The number of primary amides is 1. The number of hydrogen-bond acceptors (Lipinski definition) is 6. The second-order valence-electron chi connectivity index (χ2n) is 6.56. The molecule has 2 amide bonds. The smallest absolute Gasteiger partial charge is 0.341 e. The number of anilines is 1. The van der Waals surface area contributed by atoms with Crippen LogP contribution in [0.15, 0.2) is 65.6 Å². The lowest BCUT2D eigenvalue weighted by Gasteiger charge is -2.17. The van der Waals surface area contributed by atoms with Crippen LogP contribution in [0.4, 0.5) is 5.00 Å². The van der Waals surface area contributed by atoms with E-state index in [-0.39, 0.29) is 28.0 Å². The maximum Gasteiger partial charge on any atom is 0.341 e. The number of thiophene rings is 1. The van der Waals surface area contributed by atoms with Crippen molar-refractivity contribution in [2.24, 2.45) is 5.73 Å². The van der Waals surface area contributed by atoms with Gasteiger partial charge in [-0.2, -0.15) is 0 Å². The first-order valence-corrected chi connectivity index (χ1v) is 11.3. The van der Waals surface area contributed by atoms with Crippen LogP contribution in [0.25, 0.3) is 0 Å². The fraction of sp³-hybridized carbons (Fsp3) is 0.174. The zero-order chi connectivity index (χ0) is 22.4. The fourth-order valence-corrected chi connectivity index (χ4v) is 5.09. The van der Waals surface area contributed by atoms with E-state index in [1.54, 1.807) is 13.8 Å². The number of nitrogens with two attached hydrogens (primary N) is 1. The Morgan fingerprint density at radius 1 is 1.06 bits per heavy atom. The number of hydrogen-bond donors (Lipinski definition) is 2. The number of benzene rings is 2. The Hall–Kier alpha value is -3.10. The molecule has 1 heterocycles. The SMILES string of the molecule is CCOC(=O)c1c(NC(=O)[C@H](Sc2ccccc2)c2ccccc2)sc(C(N)=O)c1C. The second-order valence-corrected chi connectivity index (χ2v) is 8.76. The molecule has 3 N–H and O–H groups in total. The summed E-state index contributed by atoms with van der Waals surface area (Å²) in [5.41, 5.74) is 6.83. The van der Waals surface area contributed by atoms with Gasteiger partial charge in [0.25, 0.3) is 5.91 Å². The molecular formula is C23H22N2O4S2. The maximum atomic E-state index is 13.3. The van der Waals surface area contributed by atoms with Crippen LogP contribution in [-0.2, 0) is 9.53 Å². The molecule has 160 valence electrons. The van der Waals surface area contributed by atoms with E-state index in [9.17, 15) is 14.4 Å². The average molecular weight is 455 g/mol. The number of nitrogens with one attached hydrogen (secondary N) is 1. The number of amides is 2. The van der Waals surface area contributed by atoms with Gasteiger partial charge in [0.2, 0.25) is 5.91 Å². The Kier molecular flexibility index (Phi) is 7.49. The van der Waals surface area contributed by atoms with E-state index in [0.29, 0.717) is 5.56 Å². The van der Waals surface area contributed by atoms with Gasteiger partial charge in [0.05, 0.1) is 17.0 Å². The Morgan fingerprint density at radius 2 is 1.68 bits per heavy atom. The second kappa shape index (κ2) is 10.3. The molecular weight excluding hydrogens is 432 g/mol. The first kappa shape index (κ1) is 22.6. The lowest BCUT2D eigenvalue weighted by Crippen LogP contribution is -2.20. The van der Waals surface area contributed by atoms with Crippen LogP contribution in [-0.4, -0.2) is 24.4 Å². The van der Waals surface area contributed by atoms with Crippen LogP contribution >= 0.6 is 23.1 Å². The van der Waals surface area contributed by atoms with Crippen LogP contribution in [0.1, 0.15) is 43.3 Å². The monoisotopic (exact) mass is 454 g/mol. The molecule has 3 aromatic rings. The molecule has 0 aliphatic carbocycles. The highest BCUT2D eigenvalue weighted by Gasteiger charge is 2.28. The summed E-state index contributed by atoms with van der Waals surface area (Å²) in [6.07, 6.45) is 0. The Bertz CT molecular complexity index is 1080. The highest BCUT2D eigenvalue weighted by atomic mass is 32.2. The molecule has 0 aliphatic heterocycles. The maximum absolute atomic E-state index is 13.3. The minimum absolute atomic E-state index is 0.158. The summed E-state index contributed by atoms with van der Waals surface area (Å²) in [6, 6.07) is 18.9. The number of carbonyl (C=O) groups is 3. The summed E-state index contributed by atoms with van der Waals surface area (Å²) in [5, 5.41) is 2.52. The van der Waals surface area contributed by atoms with E-state index in [0.717, 1.165) is 21.8 Å². The van der Waals surface area contributed by atoms with Gasteiger partial charge < -0.3 is 15.8 Å². The van der Waals surface area contributed by atoms with Gasteiger partial charge in [-0.3, -0.25) is 9.59 Å². The summed E-state index contributed by atoms with van der Waals surface area (Å²) in [4.78, 5) is 38.8. The summed E-state index contributed by atoms with van der Waals surface area (Å²) in [5.74, 6) is -1.58. The van der Waals surface area contributed by atoms with E-state index in [4.69, 9.17) is 10.5 Å². The van der Waals surface area contributed by atoms with Crippen LogP contribution in [0.5, 0.6) is 0 Å². The van der Waals surface area contributed by atoms with Gasteiger partial charge >= 0.3 is 5.97 Å². The topological polar surface area (TPSA) is 98.5 Å². The van der Waals surface area contributed by atoms with E-state index in [1.807, 2.05) is 60.7 Å². The lowest BCUT2D eigenvalue weighted by atomic mass is 10.1. The summed E-state index contributed by atoms with van der Waals surface area (Å²) in [7, 11) is 0. The molecule has 3 rings (SSSR count). The summed E-state index contributed by atoms with van der Waals surface area (Å²) >= 11 is 2.37. The minimum atomic E-state index is -0.660. The Morgan fingerprint density at radius 3 is 2.26 bits per heavy atom. The molecule has 2 aromatic carbocycles. The molecule has 1 aromatic heterocycles. The normalized spacial score (nSPS) is 11.5. The standard InChI is InChI=1S/C23H22N2O4S2/c1-3-29-23(28)17-14(2)18(20(24)26)31-22(17)25-21(27)19(15-10-6-4-7-11-15)30-16-12-8-5-9-13-16/h4-13,19H,3H2,1-2H3,(H2,24,26)(H,25,27)/t19-/m1/s1. The predicted octanol–water partition coefficient (Wildman–Crippen LogP) is 4.80. The molecule has 0 unspecified atom stereocenters. The molecule has 31 heavy (non-hydrogen) atoms. The molecule has 0 bridgehead atoms. The van der Waals surface area contributed by atoms with Crippen LogP contribution in [0.2, 0.25) is 0 Å². The van der Waals surface area contributed by atoms with Gasteiger partial charge in [0.15, 0.2) is 0 Å². The largest absolute Gasteiger partial charge is 0.462 e.